The molecule has 1 saturated carbocycles. The molecule has 1 aliphatic heterocycles. The number of ether oxygens (including phenoxy) is 1. The lowest BCUT2D eigenvalue weighted by atomic mass is 9.92. The van der Waals surface area contributed by atoms with Crippen LogP contribution in [-0.4, -0.2) is 52.0 Å². The SMILES string of the molecule is Cc1nn(C)cc1C(=N)/C=C\C(=N)O[C@@H]1CC2CN(CCC(C)(C)C)C[C@@H]2C1. The Morgan fingerprint density at radius 3 is 2.39 bits per heavy atom. The fraction of sp³-hybridized carbons (Fsp3) is 0.682. The Morgan fingerprint density at radius 1 is 1.21 bits per heavy atom. The Bertz CT molecular complexity index is 743. The number of nitrogens with zero attached hydrogens (tertiary/aromatic N) is 3. The van der Waals surface area contributed by atoms with E-state index in [2.05, 4.69) is 30.8 Å². The number of hydrogen-bond donors (Lipinski definition) is 2. The van der Waals surface area contributed by atoms with Crippen molar-refractivity contribution in [3.8, 4) is 0 Å². The number of fused-ring (bicyclic) bond motifs is 1. The van der Waals surface area contributed by atoms with Crippen LogP contribution in [0.25, 0.3) is 0 Å². The number of aryl methyl sites for hydroxylation is 2. The molecule has 0 bridgehead atoms. The average molecular weight is 386 g/mol. The maximum atomic E-state index is 8.17. The Hall–Kier alpha value is -1.95. The van der Waals surface area contributed by atoms with Gasteiger partial charge in [0, 0.05) is 38.0 Å². The molecule has 1 aromatic heterocycles. The molecular weight excluding hydrogens is 350 g/mol. The van der Waals surface area contributed by atoms with Crippen molar-refractivity contribution < 1.29 is 4.74 Å². The molecule has 1 saturated heterocycles. The second kappa shape index (κ2) is 8.19. The van der Waals surface area contributed by atoms with Crippen molar-refractivity contribution in [3.63, 3.8) is 0 Å². The average Bonchev–Trinajstić information content (AvgIpc) is 3.22. The van der Waals surface area contributed by atoms with E-state index in [4.69, 9.17) is 15.6 Å². The Labute approximate surface area is 169 Å². The summed E-state index contributed by atoms with van der Waals surface area (Å²) in [5.74, 6) is 1.57. The van der Waals surface area contributed by atoms with E-state index in [9.17, 15) is 0 Å². The summed E-state index contributed by atoms with van der Waals surface area (Å²) in [6, 6.07) is 0. The molecule has 0 amide bonds. The molecule has 2 heterocycles. The van der Waals surface area contributed by atoms with Crippen molar-refractivity contribution in [1.82, 2.24) is 14.7 Å². The predicted molar refractivity (Wildman–Crippen MR) is 113 cm³/mol. The van der Waals surface area contributed by atoms with E-state index in [1.54, 1.807) is 16.8 Å². The number of aromatic nitrogens is 2. The molecule has 0 aromatic carbocycles. The molecular formula is C22H35N5O. The Kier molecular flexibility index (Phi) is 6.08. The van der Waals surface area contributed by atoms with Crippen LogP contribution >= 0.6 is 0 Å². The van der Waals surface area contributed by atoms with E-state index < -0.39 is 0 Å². The van der Waals surface area contributed by atoms with Gasteiger partial charge in [0.15, 0.2) is 0 Å². The van der Waals surface area contributed by atoms with Crippen molar-refractivity contribution in [1.29, 1.82) is 10.8 Å². The van der Waals surface area contributed by atoms with Crippen LogP contribution in [0.4, 0.5) is 0 Å². The van der Waals surface area contributed by atoms with Crippen molar-refractivity contribution >= 4 is 11.6 Å². The summed E-state index contributed by atoms with van der Waals surface area (Å²) in [5.41, 5.74) is 2.37. The zero-order valence-corrected chi connectivity index (χ0v) is 18.0. The van der Waals surface area contributed by atoms with Gasteiger partial charge in [-0.2, -0.15) is 5.10 Å². The summed E-state index contributed by atoms with van der Waals surface area (Å²) < 4.78 is 7.58. The summed E-state index contributed by atoms with van der Waals surface area (Å²) >= 11 is 0. The Morgan fingerprint density at radius 2 is 1.86 bits per heavy atom. The largest absolute Gasteiger partial charge is 0.475 e. The second-order valence-corrected chi connectivity index (χ2v) is 9.71. The molecule has 2 aliphatic rings. The Balaban J connectivity index is 1.43. The number of rotatable bonds is 6. The molecule has 154 valence electrons. The van der Waals surface area contributed by atoms with Crippen LogP contribution in [0, 0.1) is 35.0 Å². The van der Waals surface area contributed by atoms with Crippen LogP contribution in [0.3, 0.4) is 0 Å². The first-order valence-electron chi connectivity index (χ1n) is 10.4. The van der Waals surface area contributed by atoms with Crippen LogP contribution in [-0.2, 0) is 11.8 Å². The van der Waals surface area contributed by atoms with Crippen LogP contribution in [0.5, 0.6) is 0 Å². The lowest BCUT2D eigenvalue weighted by Gasteiger charge is -2.24. The van der Waals surface area contributed by atoms with Gasteiger partial charge < -0.3 is 15.0 Å². The highest BCUT2D eigenvalue weighted by Crippen LogP contribution is 2.39. The smallest absolute Gasteiger partial charge is 0.206 e. The van der Waals surface area contributed by atoms with Gasteiger partial charge in [0.25, 0.3) is 0 Å². The summed E-state index contributed by atoms with van der Waals surface area (Å²) in [7, 11) is 1.85. The first-order chi connectivity index (χ1) is 13.1. The van der Waals surface area contributed by atoms with Crippen LogP contribution in [0.1, 0.15) is 51.3 Å². The standard InChI is InChI=1S/C22H35N5O/c1-15-19(14-26(5)25-15)20(23)6-7-21(24)28-18-10-16-12-27(13-17(16)11-18)9-8-22(2,3)4/h6-7,14,16-18,23-24H,8-13H2,1-5H3/b7-6-,23-20?,24-21?/t16-,17?,18-/m0/s1. The van der Waals surface area contributed by atoms with Gasteiger partial charge in [0.05, 0.1) is 11.4 Å². The molecule has 1 aromatic rings. The third-order valence-corrected chi connectivity index (χ3v) is 5.96. The summed E-state index contributed by atoms with van der Waals surface area (Å²) in [4.78, 5) is 2.61. The second-order valence-electron chi connectivity index (χ2n) is 9.71. The van der Waals surface area contributed by atoms with Crippen LogP contribution in [0.2, 0.25) is 0 Å². The van der Waals surface area contributed by atoms with Crippen LogP contribution in [0.15, 0.2) is 18.3 Å². The van der Waals surface area contributed by atoms with E-state index in [-0.39, 0.29) is 12.0 Å². The highest BCUT2D eigenvalue weighted by molar-refractivity contribution is 6.09. The van der Waals surface area contributed by atoms with Crippen molar-refractivity contribution in [2.75, 3.05) is 19.6 Å². The highest BCUT2D eigenvalue weighted by Gasteiger charge is 2.41. The topological polar surface area (TPSA) is 78.0 Å². The summed E-state index contributed by atoms with van der Waals surface area (Å²) in [5, 5.41) is 20.5. The van der Waals surface area contributed by atoms with E-state index >= 15 is 0 Å². The van der Waals surface area contributed by atoms with E-state index in [1.165, 1.54) is 26.1 Å². The molecule has 1 aliphatic carbocycles. The van der Waals surface area contributed by atoms with E-state index in [0.29, 0.717) is 23.0 Å². The highest BCUT2D eigenvalue weighted by atomic mass is 16.5. The molecule has 2 N–H and O–H groups in total. The minimum Gasteiger partial charge on any atom is -0.475 e. The lowest BCUT2D eigenvalue weighted by Crippen LogP contribution is -2.27. The summed E-state index contributed by atoms with van der Waals surface area (Å²) in [6.07, 6.45) is 8.54. The maximum Gasteiger partial charge on any atom is 0.206 e. The molecule has 3 rings (SSSR count). The quantitative estimate of drug-likeness (QED) is 0.578. The monoisotopic (exact) mass is 385 g/mol. The lowest BCUT2D eigenvalue weighted by molar-refractivity contribution is 0.170. The van der Waals surface area contributed by atoms with Gasteiger partial charge in [-0.1, -0.05) is 20.8 Å². The normalized spacial score (nSPS) is 25.4. The molecule has 2 fully saturated rings. The van der Waals surface area contributed by atoms with E-state index in [1.807, 2.05) is 20.2 Å². The molecule has 6 heteroatoms. The number of likely N-dealkylation sites (tertiary alicyclic amines) is 1. The molecule has 0 spiro atoms. The molecule has 1 unspecified atom stereocenters. The molecule has 6 nitrogen and oxygen atoms in total. The minimum absolute atomic E-state index is 0.145. The van der Waals surface area contributed by atoms with Gasteiger partial charge in [0.2, 0.25) is 5.90 Å². The van der Waals surface area contributed by atoms with Gasteiger partial charge in [-0.15, -0.1) is 0 Å². The predicted octanol–water partition coefficient (Wildman–Crippen LogP) is 3.79. The third kappa shape index (κ3) is 5.31. The van der Waals surface area contributed by atoms with Gasteiger partial charge >= 0.3 is 0 Å². The zero-order chi connectivity index (χ0) is 20.5. The zero-order valence-electron chi connectivity index (χ0n) is 18.0. The number of hydrogen-bond acceptors (Lipinski definition) is 5. The first kappa shape index (κ1) is 20.8. The number of nitrogens with one attached hydrogen (secondary N) is 2. The van der Waals surface area contributed by atoms with Crippen molar-refractivity contribution in [2.45, 2.75) is 53.1 Å². The van der Waals surface area contributed by atoms with Crippen LogP contribution < -0.4 is 0 Å². The third-order valence-electron chi connectivity index (χ3n) is 5.96. The van der Waals surface area contributed by atoms with Gasteiger partial charge in [0.1, 0.15) is 6.10 Å². The molecule has 0 radical (unpaired) electrons. The first-order valence-corrected chi connectivity index (χ1v) is 10.4. The minimum atomic E-state index is 0.145. The summed E-state index contributed by atoms with van der Waals surface area (Å²) in [6.45, 7) is 12.4. The molecule has 28 heavy (non-hydrogen) atoms. The van der Waals surface area contributed by atoms with Gasteiger partial charge in [-0.05, 0) is 56.1 Å². The number of allylic oxidation sites excluding steroid dienone is 1. The molecule has 3 atom stereocenters. The fourth-order valence-electron chi connectivity index (χ4n) is 4.45. The maximum absolute atomic E-state index is 8.17. The van der Waals surface area contributed by atoms with Gasteiger partial charge in [-0.25, -0.2) is 0 Å². The van der Waals surface area contributed by atoms with Crippen molar-refractivity contribution in [3.05, 3.63) is 29.6 Å². The van der Waals surface area contributed by atoms with Crippen molar-refractivity contribution in [2.24, 2.45) is 24.3 Å². The fourth-order valence-corrected chi connectivity index (χ4v) is 4.45. The van der Waals surface area contributed by atoms with E-state index in [0.717, 1.165) is 24.1 Å². The van der Waals surface area contributed by atoms with Gasteiger partial charge in [-0.3, -0.25) is 10.1 Å².